The van der Waals surface area contributed by atoms with Crippen LogP contribution in [0.4, 0.5) is 0 Å². The number of para-hydroxylation sites is 1. The van der Waals surface area contributed by atoms with Gasteiger partial charge in [-0.05, 0) is 42.8 Å². The number of aliphatic imine (C=N–C) groups is 1. The predicted molar refractivity (Wildman–Crippen MR) is 90.8 cm³/mol. The highest BCUT2D eigenvalue weighted by atomic mass is 16.7. The first kappa shape index (κ1) is 15.3. The predicted octanol–water partition coefficient (Wildman–Crippen LogP) is 3.16. The molecular weight excluding hydrogens is 322 g/mol. The van der Waals surface area contributed by atoms with E-state index in [0.717, 1.165) is 5.56 Å². The van der Waals surface area contributed by atoms with Crippen molar-refractivity contribution in [3.63, 3.8) is 0 Å². The van der Waals surface area contributed by atoms with Crippen molar-refractivity contribution in [3.8, 4) is 17.2 Å². The van der Waals surface area contributed by atoms with Crippen molar-refractivity contribution in [3.05, 3.63) is 59.3 Å². The highest BCUT2D eigenvalue weighted by Crippen LogP contribution is 2.33. The molecule has 0 spiro atoms. The van der Waals surface area contributed by atoms with E-state index in [4.69, 9.17) is 18.9 Å². The molecule has 0 radical (unpaired) electrons. The van der Waals surface area contributed by atoms with Crippen LogP contribution in [0, 0.1) is 0 Å². The lowest BCUT2D eigenvalue weighted by Crippen LogP contribution is -2.07. The van der Waals surface area contributed by atoms with Crippen LogP contribution in [0.1, 0.15) is 18.1 Å². The minimum absolute atomic E-state index is 0.202. The molecule has 6 nitrogen and oxygen atoms in total. The van der Waals surface area contributed by atoms with Crippen LogP contribution in [0.25, 0.3) is 6.08 Å². The summed E-state index contributed by atoms with van der Waals surface area (Å²) < 4.78 is 21.5. The van der Waals surface area contributed by atoms with Crippen LogP contribution >= 0.6 is 0 Å². The largest absolute Gasteiger partial charge is 0.493 e. The summed E-state index contributed by atoms with van der Waals surface area (Å²) >= 11 is 0. The van der Waals surface area contributed by atoms with Crippen LogP contribution < -0.4 is 14.2 Å². The molecule has 0 fully saturated rings. The maximum Gasteiger partial charge on any atom is 0.363 e. The number of hydrogen-bond acceptors (Lipinski definition) is 6. The van der Waals surface area contributed by atoms with Crippen LogP contribution in [0.2, 0.25) is 0 Å². The summed E-state index contributed by atoms with van der Waals surface area (Å²) in [6.07, 6.45) is 1.65. The molecule has 25 heavy (non-hydrogen) atoms. The van der Waals surface area contributed by atoms with Gasteiger partial charge >= 0.3 is 5.97 Å². The highest BCUT2D eigenvalue weighted by molar-refractivity contribution is 6.13. The molecule has 0 saturated heterocycles. The number of cyclic esters (lactones) is 1. The molecule has 2 heterocycles. The van der Waals surface area contributed by atoms with E-state index >= 15 is 0 Å². The van der Waals surface area contributed by atoms with Crippen LogP contribution in [0.5, 0.6) is 17.2 Å². The smallest absolute Gasteiger partial charge is 0.363 e. The number of carbonyl (C=O) groups excluding carboxylic acids is 1. The van der Waals surface area contributed by atoms with Crippen molar-refractivity contribution >= 4 is 17.9 Å². The molecule has 0 saturated carbocycles. The molecular formula is C19H15NO5. The van der Waals surface area contributed by atoms with Gasteiger partial charge < -0.3 is 18.9 Å². The SMILES string of the molecule is CCOc1ccccc1C1=N/C(=C\c2ccc3c(c2)OCO3)C(=O)O1. The Morgan fingerprint density at radius 3 is 2.88 bits per heavy atom. The Bertz CT molecular complexity index is 900. The summed E-state index contributed by atoms with van der Waals surface area (Å²) in [4.78, 5) is 16.5. The van der Waals surface area contributed by atoms with Gasteiger partial charge in [0.05, 0.1) is 12.2 Å². The number of carbonyl (C=O) groups is 1. The Morgan fingerprint density at radius 1 is 1.16 bits per heavy atom. The molecule has 0 bridgehead atoms. The minimum atomic E-state index is -0.501. The molecule has 4 rings (SSSR count). The fourth-order valence-electron chi connectivity index (χ4n) is 2.61. The zero-order valence-electron chi connectivity index (χ0n) is 13.5. The monoisotopic (exact) mass is 337 g/mol. The van der Waals surface area contributed by atoms with Crippen molar-refractivity contribution in [2.24, 2.45) is 4.99 Å². The summed E-state index contributed by atoms with van der Waals surface area (Å²) in [6, 6.07) is 12.7. The van der Waals surface area contributed by atoms with Crippen molar-refractivity contribution < 1.29 is 23.7 Å². The molecule has 0 amide bonds. The standard InChI is InChI=1S/C19H15NO5/c1-2-22-15-6-4-3-5-13(15)18-20-14(19(21)25-18)9-12-7-8-16-17(10-12)24-11-23-16/h3-10H,2,11H2,1H3/b14-9-. The third-order valence-corrected chi connectivity index (χ3v) is 3.74. The Hall–Kier alpha value is -3.28. The molecule has 0 unspecified atom stereocenters. The molecule has 6 heteroatoms. The molecule has 2 aromatic rings. The number of hydrogen-bond donors (Lipinski definition) is 0. The highest BCUT2D eigenvalue weighted by Gasteiger charge is 2.26. The Balaban J connectivity index is 1.67. The average Bonchev–Trinajstić information content (AvgIpc) is 3.22. The van der Waals surface area contributed by atoms with Crippen molar-refractivity contribution in [2.75, 3.05) is 13.4 Å². The molecule has 126 valence electrons. The lowest BCUT2D eigenvalue weighted by Gasteiger charge is -2.08. The van der Waals surface area contributed by atoms with E-state index in [9.17, 15) is 4.79 Å². The quantitative estimate of drug-likeness (QED) is 0.633. The number of fused-ring (bicyclic) bond motifs is 1. The van der Waals surface area contributed by atoms with Gasteiger partial charge in [-0.2, -0.15) is 0 Å². The van der Waals surface area contributed by atoms with Gasteiger partial charge in [-0.3, -0.25) is 0 Å². The molecule has 0 atom stereocenters. The van der Waals surface area contributed by atoms with E-state index in [0.29, 0.717) is 29.4 Å². The van der Waals surface area contributed by atoms with Gasteiger partial charge in [-0.25, -0.2) is 9.79 Å². The molecule has 0 N–H and O–H groups in total. The Labute approximate surface area is 144 Å². The van der Waals surface area contributed by atoms with Crippen molar-refractivity contribution in [1.29, 1.82) is 0 Å². The topological polar surface area (TPSA) is 66.3 Å². The molecule has 2 aromatic carbocycles. The van der Waals surface area contributed by atoms with Gasteiger partial charge in [-0.1, -0.05) is 18.2 Å². The third kappa shape index (κ3) is 2.94. The fourth-order valence-corrected chi connectivity index (χ4v) is 2.61. The molecule has 0 aliphatic carbocycles. The van der Waals surface area contributed by atoms with E-state index in [2.05, 4.69) is 4.99 Å². The second kappa shape index (κ2) is 6.32. The van der Waals surface area contributed by atoms with Crippen molar-refractivity contribution in [1.82, 2.24) is 0 Å². The molecule has 0 aromatic heterocycles. The average molecular weight is 337 g/mol. The third-order valence-electron chi connectivity index (χ3n) is 3.74. The van der Waals surface area contributed by atoms with Crippen LogP contribution in [0.15, 0.2) is 53.2 Å². The first-order valence-electron chi connectivity index (χ1n) is 7.89. The zero-order valence-corrected chi connectivity index (χ0v) is 13.5. The maximum atomic E-state index is 12.2. The maximum absolute atomic E-state index is 12.2. The number of benzene rings is 2. The van der Waals surface area contributed by atoms with E-state index in [1.165, 1.54) is 0 Å². The second-order valence-corrected chi connectivity index (χ2v) is 5.38. The first-order chi connectivity index (χ1) is 12.2. The zero-order chi connectivity index (χ0) is 17.2. The lowest BCUT2D eigenvalue weighted by molar-refractivity contribution is -0.129. The van der Waals surface area contributed by atoms with Gasteiger partial charge in [0.2, 0.25) is 12.7 Å². The van der Waals surface area contributed by atoms with E-state index < -0.39 is 5.97 Å². The summed E-state index contributed by atoms with van der Waals surface area (Å²) in [5.74, 6) is 1.69. The normalized spacial score (nSPS) is 16.8. The van der Waals surface area contributed by atoms with Gasteiger partial charge in [-0.15, -0.1) is 0 Å². The van der Waals surface area contributed by atoms with E-state index in [-0.39, 0.29) is 18.4 Å². The first-order valence-corrected chi connectivity index (χ1v) is 7.89. The van der Waals surface area contributed by atoms with E-state index in [1.54, 1.807) is 24.3 Å². The van der Waals surface area contributed by atoms with Gasteiger partial charge in [0.1, 0.15) is 5.75 Å². The van der Waals surface area contributed by atoms with Crippen LogP contribution in [-0.4, -0.2) is 25.3 Å². The van der Waals surface area contributed by atoms with Gasteiger partial charge in [0.15, 0.2) is 17.2 Å². The Morgan fingerprint density at radius 2 is 2.00 bits per heavy atom. The summed E-state index contributed by atoms with van der Waals surface area (Å²) in [5, 5.41) is 0. The minimum Gasteiger partial charge on any atom is -0.493 e. The van der Waals surface area contributed by atoms with E-state index in [1.807, 2.05) is 31.2 Å². The fraction of sp³-hybridized carbons (Fsp3) is 0.158. The molecule has 2 aliphatic rings. The summed E-state index contributed by atoms with van der Waals surface area (Å²) in [7, 11) is 0. The number of ether oxygens (including phenoxy) is 4. The lowest BCUT2D eigenvalue weighted by atomic mass is 10.1. The van der Waals surface area contributed by atoms with Gasteiger partial charge in [0, 0.05) is 0 Å². The Kier molecular flexibility index (Phi) is 3.85. The number of esters is 1. The summed E-state index contributed by atoms with van der Waals surface area (Å²) in [6.45, 7) is 2.61. The second-order valence-electron chi connectivity index (χ2n) is 5.38. The van der Waals surface area contributed by atoms with Crippen molar-refractivity contribution in [2.45, 2.75) is 6.92 Å². The van der Waals surface area contributed by atoms with Gasteiger partial charge in [0.25, 0.3) is 0 Å². The van der Waals surface area contributed by atoms with Crippen LogP contribution in [0.3, 0.4) is 0 Å². The summed E-state index contributed by atoms with van der Waals surface area (Å²) in [5.41, 5.74) is 1.64. The number of nitrogens with zero attached hydrogens (tertiary/aromatic N) is 1. The molecule has 2 aliphatic heterocycles. The number of rotatable bonds is 4. The van der Waals surface area contributed by atoms with Crippen LogP contribution in [-0.2, 0) is 9.53 Å².